The van der Waals surface area contributed by atoms with Crippen molar-refractivity contribution in [2.75, 3.05) is 35.3 Å². The molecule has 0 radical (unpaired) electrons. The van der Waals surface area contributed by atoms with E-state index in [0.717, 1.165) is 31.4 Å². The van der Waals surface area contributed by atoms with Gasteiger partial charge in [0, 0.05) is 30.9 Å². The fourth-order valence-corrected chi connectivity index (χ4v) is 4.66. The Morgan fingerprint density at radius 2 is 1.94 bits per heavy atom. The number of carbonyl (C=O) groups is 1. The van der Waals surface area contributed by atoms with Gasteiger partial charge in [0.05, 0.1) is 24.1 Å². The molecule has 34 heavy (non-hydrogen) atoms. The van der Waals surface area contributed by atoms with Crippen molar-refractivity contribution in [1.82, 2.24) is 15.3 Å². The van der Waals surface area contributed by atoms with Crippen LogP contribution in [0.5, 0.6) is 0 Å². The number of fused-ring (bicyclic) bond motifs is 2. The molecule has 7 nitrogen and oxygen atoms in total. The summed E-state index contributed by atoms with van der Waals surface area (Å²) in [6, 6.07) is 8.71. The van der Waals surface area contributed by atoms with E-state index in [1.54, 1.807) is 22.9 Å². The Morgan fingerprint density at radius 1 is 1.12 bits per heavy atom. The van der Waals surface area contributed by atoms with Gasteiger partial charge in [0.25, 0.3) is 0 Å². The molecule has 9 heteroatoms. The number of halogens is 2. The molecule has 1 aromatic heterocycles. The SMILES string of the molecule is CC(C)N1C(=O)CN(C)c2c(F)cc(-c3nc(Nc4ccc5c(c4)CCNC5)ncc3F)cc21. The summed E-state index contributed by atoms with van der Waals surface area (Å²) in [5, 5.41) is 6.47. The van der Waals surface area contributed by atoms with Crippen LogP contribution in [0.1, 0.15) is 25.0 Å². The molecule has 5 rings (SSSR count). The fourth-order valence-electron chi connectivity index (χ4n) is 4.66. The summed E-state index contributed by atoms with van der Waals surface area (Å²) in [6.45, 7) is 5.55. The Kier molecular flexibility index (Phi) is 5.65. The fraction of sp³-hybridized carbons (Fsp3) is 0.320. The minimum atomic E-state index is -0.673. The summed E-state index contributed by atoms with van der Waals surface area (Å²) in [4.78, 5) is 24.2. The maximum absolute atomic E-state index is 15.2. The highest BCUT2D eigenvalue weighted by molar-refractivity contribution is 6.04. The van der Waals surface area contributed by atoms with E-state index in [1.807, 2.05) is 32.0 Å². The van der Waals surface area contributed by atoms with Crippen LogP contribution in [0.4, 0.5) is 31.8 Å². The van der Waals surface area contributed by atoms with Crippen molar-refractivity contribution in [2.45, 2.75) is 32.9 Å². The number of amides is 1. The summed E-state index contributed by atoms with van der Waals surface area (Å²) in [5.74, 6) is -1.15. The van der Waals surface area contributed by atoms with Gasteiger partial charge in [-0.25, -0.2) is 18.7 Å². The highest BCUT2D eigenvalue weighted by Gasteiger charge is 2.32. The molecular formula is C25H26F2N6O. The number of carbonyl (C=O) groups excluding carboxylic acids is 1. The number of likely N-dealkylation sites (N-methyl/N-ethyl adjacent to an activating group) is 1. The Hall–Kier alpha value is -3.59. The topological polar surface area (TPSA) is 73.4 Å². The highest BCUT2D eigenvalue weighted by atomic mass is 19.1. The number of hydrogen-bond donors (Lipinski definition) is 2. The maximum atomic E-state index is 15.2. The number of benzene rings is 2. The lowest BCUT2D eigenvalue weighted by Crippen LogP contribution is -2.47. The molecule has 3 aromatic rings. The maximum Gasteiger partial charge on any atom is 0.246 e. The Labute approximate surface area is 196 Å². The molecule has 3 heterocycles. The third kappa shape index (κ3) is 3.96. The van der Waals surface area contributed by atoms with Gasteiger partial charge in [-0.05, 0) is 62.2 Å². The van der Waals surface area contributed by atoms with Crippen LogP contribution < -0.4 is 20.4 Å². The number of rotatable bonds is 4. The summed E-state index contributed by atoms with van der Waals surface area (Å²) in [7, 11) is 1.67. The average Bonchev–Trinajstić information content (AvgIpc) is 2.79. The molecule has 2 aliphatic heterocycles. The second-order valence-corrected chi connectivity index (χ2v) is 8.96. The zero-order chi connectivity index (χ0) is 24.0. The number of nitrogens with zero attached hydrogens (tertiary/aromatic N) is 4. The normalized spacial score (nSPS) is 15.4. The predicted molar refractivity (Wildman–Crippen MR) is 128 cm³/mol. The third-order valence-electron chi connectivity index (χ3n) is 6.21. The Bertz CT molecular complexity index is 1280. The second-order valence-electron chi connectivity index (χ2n) is 8.96. The van der Waals surface area contributed by atoms with Crippen LogP contribution in [0.3, 0.4) is 0 Å². The van der Waals surface area contributed by atoms with E-state index < -0.39 is 11.6 Å². The smallest absolute Gasteiger partial charge is 0.246 e. The predicted octanol–water partition coefficient (Wildman–Crippen LogP) is 4.00. The van der Waals surface area contributed by atoms with Crippen molar-refractivity contribution in [3.8, 4) is 11.3 Å². The van der Waals surface area contributed by atoms with Crippen molar-refractivity contribution >= 4 is 28.9 Å². The highest BCUT2D eigenvalue weighted by Crippen LogP contribution is 2.40. The first-order valence-corrected chi connectivity index (χ1v) is 11.3. The first-order chi connectivity index (χ1) is 16.3. The van der Waals surface area contributed by atoms with Crippen LogP contribution in [-0.4, -0.2) is 42.1 Å². The molecule has 0 aliphatic carbocycles. The lowest BCUT2D eigenvalue weighted by atomic mass is 10.0. The molecular weight excluding hydrogens is 438 g/mol. The molecule has 2 N–H and O–H groups in total. The average molecular weight is 465 g/mol. The minimum absolute atomic E-state index is 0.0364. The van der Waals surface area contributed by atoms with Gasteiger partial charge in [0.1, 0.15) is 11.5 Å². The van der Waals surface area contributed by atoms with Gasteiger partial charge in [-0.15, -0.1) is 0 Å². The van der Waals surface area contributed by atoms with Gasteiger partial charge in [0.2, 0.25) is 11.9 Å². The van der Waals surface area contributed by atoms with Gasteiger partial charge in [0.15, 0.2) is 5.82 Å². The molecule has 1 amide bonds. The zero-order valence-electron chi connectivity index (χ0n) is 19.3. The van der Waals surface area contributed by atoms with Gasteiger partial charge in [-0.1, -0.05) is 6.07 Å². The van der Waals surface area contributed by atoms with Gasteiger partial charge in [-0.3, -0.25) is 4.79 Å². The molecule has 0 saturated heterocycles. The lowest BCUT2D eigenvalue weighted by molar-refractivity contribution is -0.117. The molecule has 0 fully saturated rings. The summed E-state index contributed by atoms with van der Waals surface area (Å²) in [5.41, 5.74) is 4.21. The van der Waals surface area contributed by atoms with Crippen molar-refractivity contribution in [3.63, 3.8) is 0 Å². The molecule has 0 saturated carbocycles. The molecule has 0 spiro atoms. The first-order valence-electron chi connectivity index (χ1n) is 11.3. The van der Waals surface area contributed by atoms with E-state index in [2.05, 4.69) is 20.6 Å². The molecule has 0 bridgehead atoms. The van der Waals surface area contributed by atoms with Crippen molar-refractivity contribution in [2.24, 2.45) is 0 Å². The quantitative estimate of drug-likeness (QED) is 0.608. The van der Waals surface area contributed by atoms with Crippen LogP contribution in [0.2, 0.25) is 0 Å². The minimum Gasteiger partial charge on any atom is -0.361 e. The van der Waals surface area contributed by atoms with Gasteiger partial charge in [-0.2, -0.15) is 0 Å². The number of nitrogens with one attached hydrogen (secondary N) is 2. The second kappa shape index (κ2) is 8.64. The molecule has 0 atom stereocenters. The summed E-state index contributed by atoms with van der Waals surface area (Å²) in [6.07, 6.45) is 2.00. The van der Waals surface area contributed by atoms with Crippen molar-refractivity contribution in [1.29, 1.82) is 0 Å². The number of anilines is 4. The van der Waals surface area contributed by atoms with E-state index in [0.29, 0.717) is 11.4 Å². The lowest BCUT2D eigenvalue weighted by Gasteiger charge is -2.38. The van der Waals surface area contributed by atoms with E-state index in [1.165, 1.54) is 17.2 Å². The van der Waals surface area contributed by atoms with E-state index in [-0.39, 0.29) is 35.7 Å². The molecule has 2 aromatic carbocycles. The largest absolute Gasteiger partial charge is 0.361 e. The van der Waals surface area contributed by atoms with Crippen LogP contribution in [-0.2, 0) is 17.8 Å². The molecule has 2 aliphatic rings. The zero-order valence-corrected chi connectivity index (χ0v) is 19.3. The Morgan fingerprint density at radius 3 is 2.74 bits per heavy atom. The van der Waals surface area contributed by atoms with Gasteiger partial charge < -0.3 is 20.4 Å². The summed E-state index contributed by atoms with van der Waals surface area (Å²) >= 11 is 0. The third-order valence-corrected chi connectivity index (χ3v) is 6.21. The van der Waals surface area contributed by atoms with E-state index in [4.69, 9.17) is 0 Å². The van der Waals surface area contributed by atoms with Crippen LogP contribution in [0.15, 0.2) is 36.5 Å². The van der Waals surface area contributed by atoms with Gasteiger partial charge >= 0.3 is 0 Å². The van der Waals surface area contributed by atoms with Crippen molar-refractivity contribution in [3.05, 3.63) is 59.3 Å². The van der Waals surface area contributed by atoms with E-state index >= 15 is 4.39 Å². The number of hydrogen-bond acceptors (Lipinski definition) is 6. The Balaban J connectivity index is 1.53. The number of aromatic nitrogens is 2. The monoisotopic (exact) mass is 464 g/mol. The van der Waals surface area contributed by atoms with Crippen LogP contribution in [0.25, 0.3) is 11.3 Å². The summed E-state index contributed by atoms with van der Waals surface area (Å²) < 4.78 is 30.0. The standard InChI is InChI=1S/C25H26F2N6O/c1-14(2)33-21-10-17(9-19(26)24(21)32(3)13-22(33)34)23-20(27)12-29-25(31-23)30-18-5-4-16-11-28-7-6-15(16)8-18/h4-5,8-10,12,14,28H,6-7,11,13H2,1-3H3,(H,29,30,31). The van der Waals surface area contributed by atoms with Crippen LogP contribution in [0, 0.1) is 11.6 Å². The molecule has 176 valence electrons. The van der Waals surface area contributed by atoms with Crippen molar-refractivity contribution < 1.29 is 13.6 Å². The first kappa shape index (κ1) is 22.2. The van der Waals surface area contributed by atoms with E-state index in [9.17, 15) is 9.18 Å². The molecule has 0 unspecified atom stereocenters. The van der Waals surface area contributed by atoms with Crippen LogP contribution >= 0.6 is 0 Å².